The molecule has 0 aliphatic carbocycles. The number of nitrogens with zero attached hydrogens (tertiary/aromatic N) is 1. The van der Waals surface area contributed by atoms with Gasteiger partial charge >= 0.3 is 5.97 Å². The van der Waals surface area contributed by atoms with Gasteiger partial charge in [0.2, 0.25) is 5.91 Å². The van der Waals surface area contributed by atoms with E-state index in [0.29, 0.717) is 25.9 Å². The molecule has 1 aromatic carbocycles. The summed E-state index contributed by atoms with van der Waals surface area (Å²) in [5.41, 5.74) is 3.13. The molecule has 2 fully saturated rings. The predicted octanol–water partition coefficient (Wildman–Crippen LogP) is 4.55. The number of hydrogen-bond donors (Lipinski definition) is 2. The molecule has 4 atom stereocenters. The summed E-state index contributed by atoms with van der Waals surface area (Å²) >= 11 is 1.47. The van der Waals surface area contributed by atoms with Gasteiger partial charge in [0, 0.05) is 24.8 Å². The largest absolute Gasteiger partial charge is 0.468 e. The molecule has 2 saturated heterocycles. The first-order valence-electron chi connectivity index (χ1n) is 14.7. The highest BCUT2D eigenvalue weighted by molar-refractivity contribution is 8.03. The monoisotopic (exact) mass is 575 g/mol. The van der Waals surface area contributed by atoms with Crippen LogP contribution in [-0.4, -0.2) is 77.5 Å². The van der Waals surface area contributed by atoms with Gasteiger partial charge in [0.25, 0.3) is 0 Å². The molecule has 1 aromatic rings. The fourth-order valence-electron chi connectivity index (χ4n) is 6.22. The van der Waals surface area contributed by atoms with Crippen LogP contribution in [-0.2, 0) is 30.2 Å². The van der Waals surface area contributed by atoms with Gasteiger partial charge in [-0.05, 0) is 81.6 Å². The Morgan fingerprint density at radius 1 is 1.15 bits per heavy atom. The number of carbonyl (C=O) groups is 2. The number of aryl methyl sites for hydroxylation is 1. The topological polar surface area (TPSA) is 106 Å². The molecule has 2 N–H and O–H groups in total. The summed E-state index contributed by atoms with van der Waals surface area (Å²) in [4.78, 5) is 27.7. The average Bonchev–Trinajstić information content (AvgIpc) is 3.68. The minimum atomic E-state index is -0.890. The summed E-state index contributed by atoms with van der Waals surface area (Å²) in [6.07, 6.45) is 11.4. The van der Waals surface area contributed by atoms with Crippen molar-refractivity contribution in [1.82, 2.24) is 0 Å². The van der Waals surface area contributed by atoms with E-state index in [0.717, 1.165) is 62.6 Å². The number of hydrogen-bond acceptors (Lipinski definition) is 8. The zero-order valence-electron chi connectivity index (χ0n) is 23.9. The lowest BCUT2D eigenvalue weighted by Crippen LogP contribution is -2.37. The van der Waals surface area contributed by atoms with Crippen LogP contribution in [0.4, 0.5) is 5.69 Å². The van der Waals surface area contributed by atoms with Crippen molar-refractivity contribution >= 4 is 29.3 Å². The number of ether oxygens (including phenoxy) is 3. The molecule has 0 aromatic heterocycles. The first-order chi connectivity index (χ1) is 19.3. The lowest BCUT2D eigenvalue weighted by atomic mass is 9.89. The Hall–Kier alpha value is -1.91. The van der Waals surface area contributed by atoms with Crippen LogP contribution < -0.4 is 4.90 Å². The van der Waals surface area contributed by atoms with Gasteiger partial charge in [-0.15, -0.1) is 11.8 Å². The van der Waals surface area contributed by atoms with Crippen molar-refractivity contribution in [1.29, 1.82) is 0 Å². The van der Waals surface area contributed by atoms with E-state index in [9.17, 15) is 14.7 Å². The molecular formula is C31H45NO7S. The lowest BCUT2D eigenvalue weighted by Gasteiger charge is -2.31. The maximum atomic E-state index is 12.9. The Kier molecular flexibility index (Phi) is 11.1. The molecule has 0 saturated carbocycles. The number of aliphatic hydroxyl groups is 2. The van der Waals surface area contributed by atoms with Crippen molar-refractivity contribution < 1.29 is 34.0 Å². The number of anilines is 1. The van der Waals surface area contributed by atoms with Gasteiger partial charge in [-0.25, -0.2) is 0 Å². The van der Waals surface area contributed by atoms with E-state index >= 15 is 0 Å². The van der Waals surface area contributed by atoms with Crippen molar-refractivity contribution in [3.63, 3.8) is 0 Å². The molecule has 4 rings (SSSR count). The summed E-state index contributed by atoms with van der Waals surface area (Å²) in [6.45, 7) is 2.80. The van der Waals surface area contributed by atoms with Crippen LogP contribution >= 0.6 is 11.8 Å². The number of amides is 1. The number of carbonyl (C=O) groups excluding carboxylic acids is 2. The number of esters is 1. The third kappa shape index (κ3) is 7.29. The number of benzene rings is 1. The second-order valence-corrected chi connectivity index (χ2v) is 13.2. The highest BCUT2D eigenvalue weighted by atomic mass is 32.2. The predicted molar refractivity (Wildman–Crippen MR) is 156 cm³/mol. The van der Waals surface area contributed by atoms with Gasteiger partial charge in [-0.3, -0.25) is 9.59 Å². The molecule has 0 radical (unpaired) electrons. The molecule has 3 heterocycles. The fourth-order valence-corrected chi connectivity index (χ4v) is 7.98. The lowest BCUT2D eigenvalue weighted by molar-refractivity contribution is -0.142. The van der Waals surface area contributed by atoms with Crippen molar-refractivity contribution in [2.24, 2.45) is 0 Å². The van der Waals surface area contributed by atoms with Gasteiger partial charge in [-0.1, -0.05) is 31.1 Å². The second-order valence-electron chi connectivity index (χ2n) is 11.4. The summed E-state index contributed by atoms with van der Waals surface area (Å²) < 4.78 is 14.7. The molecule has 0 bridgehead atoms. The molecule has 222 valence electrons. The molecule has 40 heavy (non-hydrogen) atoms. The van der Waals surface area contributed by atoms with E-state index < -0.39 is 9.49 Å². The number of unbranched alkanes of at least 4 members (excludes halogenated alkanes) is 3. The molecule has 3 aliphatic heterocycles. The summed E-state index contributed by atoms with van der Waals surface area (Å²) in [7, 11) is 1.40. The summed E-state index contributed by atoms with van der Waals surface area (Å²) in [5.74, 6) is -0.160. The van der Waals surface area contributed by atoms with Crippen LogP contribution in [0.1, 0.15) is 76.7 Å². The smallest absolute Gasteiger partial charge is 0.325 e. The molecule has 0 spiro atoms. The summed E-state index contributed by atoms with van der Waals surface area (Å²) in [5, 5.41) is 19.5. The number of thioether (sulfide) groups is 1. The first kappa shape index (κ1) is 31.0. The van der Waals surface area contributed by atoms with Gasteiger partial charge in [-0.2, -0.15) is 0 Å². The highest BCUT2D eigenvalue weighted by Gasteiger charge is 2.52. The van der Waals surface area contributed by atoms with Crippen molar-refractivity contribution in [3.05, 3.63) is 41.5 Å². The number of rotatable bonds is 15. The maximum Gasteiger partial charge on any atom is 0.325 e. The van der Waals surface area contributed by atoms with Crippen molar-refractivity contribution in [2.45, 2.75) is 99.2 Å². The van der Waals surface area contributed by atoms with E-state index in [1.807, 2.05) is 11.8 Å². The fraction of sp³-hybridized carbons (Fsp3) is 0.677. The SMILES string of the molecule is COC(=O)[C@@]1(C)S[C@](CO)(CCC[C@H]2CCC(=O)N2c2ccc(CCCCCCO)cc2)C=C1C[C@@H]1COCO1. The van der Waals surface area contributed by atoms with E-state index in [-0.39, 0.29) is 44.0 Å². The Balaban J connectivity index is 1.37. The average molecular weight is 576 g/mol. The molecular weight excluding hydrogens is 530 g/mol. The van der Waals surface area contributed by atoms with E-state index in [4.69, 9.17) is 19.3 Å². The van der Waals surface area contributed by atoms with Crippen LogP contribution in [0.2, 0.25) is 0 Å². The van der Waals surface area contributed by atoms with Crippen molar-refractivity contribution in [2.75, 3.05) is 38.6 Å². The third-order valence-corrected chi connectivity index (χ3v) is 10.2. The zero-order valence-corrected chi connectivity index (χ0v) is 24.8. The van der Waals surface area contributed by atoms with E-state index in [2.05, 4.69) is 30.3 Å². The molecule has 8 nitrogen and oxygen atoms in total. The van der Waals surface area contributed by atoms with Gasteiger partial charge in [0.15, 0.2) is 0 Å². The quantitative estimate of drug-likeness (QED) is 0.178. The van der Waals surface area contributed by atoms with Crippen LogP contribution in [0, 0.1) is 0 Å². The Bertz CT molecular complexity index is 1030. The molecule has 0 unspecified atom stereocenters. The normalized spacial score (nSPS) is 28.4. The van der Waals surface area contributed by atoms with Crippen LogP contribution in [0.25, 0.3) is 0 Å². The second kappa shape index (κ2) is 14.3. The standard InChI is InChI=1S/C31H45NO7S/c1-30(29(36)37-2)24(18-27-20-38-22-39-27)19-31(21-34,40-30)16-7-9-25-14-15-28(35)32(25)26-12-10-23(11-13-26)8-5-3-4-6-17-33/h10-13,19,25,27,33-34H,3-9,14-18,20-22H2,1-2H3/t25-,27+,30-,31+/m0/s1. The maximum absolute atomic E-state index is 12.9. The van der Waals surface area contributed by atoms with Crippen molar-refractivity contribution in [3.8, 4) is 0 Å². The Morgan fingerprint density at radius 3 is 2.60 bits per heavy atom. The Labute approximate surface area is 242 Å². The third-order valence-electron chi connectivity index (χ3n) is 8.49. The highest BCUT2D eigenvalue weighted by Crippen LogP contribution is 2.54. The summed E-state index contributed by atoms with van der Waals surface area (Å²) in [6, 6.07) is 8.50. The van der Waals surface area contributed by atoms with E-state index in [1.54, 1.807) is 0 Å². The minimum absolute atomic E-state index is 0.0788. The number of aliphatic hydroxyl groups excluding tert-OH is 2. The van der Waals surface area contributed by atoms with Gasteiger partial charge in [0.1, 0.15) is 11.5 Å². The van der Waals surface area contributed by atoms with E-state index in [1.165, 1.54) is 24.4 Å². The molecule has 1 amide bonds. The first-order valence-corrected chi connectivity index (χ1v) is 15.5. The zero-order chi connectivity index (χ0) is 28.6. The molecule has 9 heteroatoms. The van der Waals surface area contributed by atoms with Crippen LogP contribution in [0.3, 0.4) is 0 Å². The van der Waals surface area contributed by atoms with Crippen LogP contribution in [0.5, 0.6) is 0 Å². The van der Waals surface area contributed by atoms with Gasteiger partial charge < -0.3 is 29.3 Å². The minimum Gasteiger partial charge on any atom is -0.468 e. The number of methoxy groups -OCH3 is 1. The Morgan fingerprint density at radius 2 is 1.93 bits per heavy atom. The van der Waals surface area contributed by atoms with Gasteiger partial charge in [0.05, 0.1) is 31.2 Å². The molecule has 3 aliphatic rings. The van der Waals surface area contributed by atoms with Crippen LogP contribution in [0.15, 0.2) is 35.9 Å².